The van der Waals surface area contributed by atoms with E-state index in [-0.39, 0.29) is 5.92 Å². The number of aromatic amines is 1. The molecular formula is C19H26N2O. The molecule has 0 unspecified atom stereocenters. The number of carbonyl (C=O) groups excluding carboxylic acids is 1. The van der Waals surface area contributed by atoms with Gasteiger partial charge in [0.05, 0.1) is 0 Å². The van der Waals surface area contributed by atoms with Crippen LogP contribution in [0.4, 0.5) is 0 Å². The minimum Gasteiger partial charge on any atom is -0.361 e. The summed E-state index contributed by atoms with van der Waals surface area (Å²) in [5.41, 5.74) is 2.64. The smallest absolute Gasteiger partial charge is 0.225 e. The van der Waals surface area contributed by atoms with Gasteiger partial charge in [0.2, 0.25) is 5.91 Å². The molecule has 3 heteroatoms. The molecule has 22 heavy (non-hydrogen) atoms. The third-order valence-electron chi connectivity index (χ3n) is 5.20. The molecule has 0 saturated carbocycles. The molecule has 3 rings (SSSR count). The van der Waals surface area contributed by atoms with E-state index in [1.54, 1.807) is 0 Å². The normalized spacial score (nSPS) is 16.6. The van der Waals surface area contributed by atoms with E-state index < -0.39 is 0 Å². The monoisotopic (exact) mass is 298 g/mol. The molecule has 1 N–H and O–H groups in total. The number of hydrogen-bond donors (Lipinski definition) is 1. The van der Waals surface area contributed by atoms with E-state index in [0.29, 0.717) is 11.8 Å². The third kappa shape index (κ3) is 2.77. The summed E-state index contributed by atoms with van der Waals surface area (Å²) >= 11 is 0. The number of likely N-dealkylation sites (tertiary alicyclic amines) is 1. The predicted octanol–water partition coefficient (Wildman–Crippen LogP) is 4.31. The van der Waals surface area contributed by atoms with Crippen molar-refractivity contribution in [3.63, 3.8) is 0 Å². The van der Waals surface area contributed by atoms with Crippen molar-refractivity contribution in [1.82, 2.24) is 9.88 Å². The molecule has 1 saturated heterocycles. The molecule has 1 aromatic heterocycles. The molecule has 0 atom stereocenters. The summed E-state index contributed by atoms with van der Waals surface area (Å²) < 4.78 is 0. The summed E-state index contributed by atoms with van der Waals surface area (Å²) in [5.74, 6) is 1.15. The molecule has 3 nitrogen and oxygen atoms in total. The molecule has 0 radical (unpaired) electrons. The number of carbonyl (C=O) groups is 1. The predicted molar refractivity (Wildman–Crippen MR) is 90.9 cm³/mol. The number of benzene rings is 1. The standard InChI is InChI=1S/C19H26N2O/c1-3-14(4-2)19(22)21-11-9-15(10-12-21)17-13-20-18-8-6-5-7-16(17)18/h5-8,13-15,20H,3-4,9-12H2,1-2H3. The number of piperidine rings is 1. The van der Waals surface area contributed by atoms with Gasteiger partial charge >= 0.3 is 0 Å². The Hall–Kier alpha value is -1.77. The van der Waals surface area contributed by atoms with Crippen LogP contribution < -0.4 is 0 Å². The third-order valence-corrected chi connectivity index (χ3v) is 5.20. The van der Waals surface area contributed by atoms with Crippen LogP contribution in [-0.4, -0.2) is 28.9 Å². The van der Waals surface area contributed by atoms with Crippen molar-refractivity contribution < 1.29 is 4.79 Å². The van der Waals surface area contributed by atoms with E-state index >= 15 is 0 Å². The largest absolute Gasteiger partial charge is 0.361 e. The van der Waals surface area contributed by atoms with Crippen LogP contribution in [0.3, 0.4) is 0 Å². The van der Waals surface area contributed by atoms with Gasteiger partial charge < -0.3 is 9.88 Å². The maximum atomic E-state index is 12.5. The number of hydrogen-bond acceptors (Lipinski definition) is 1. The van der Waals surface area contributed by atoms with Gasteiger partial charge in [0.25, 0.3) is 0 Å². The topological polar surface area (TPSA) is 36.1 Å². The number of H-pyrrole nitrogens is 1. The second kappa shape index (κ2) is 6.55. The Bertz CT molecular complexity index is 634. The van der Waals surface area contributed by atoms with E-state index in [2.05, 4.69) is 54.2 Å². The van der Waals surface area contributed by atoms with Crippen LogP contribution in [0.25, 0.3) is 10.9 Å². The van der Waals surface area contributed by atoms with Crippen LogP contribution in [0.15, 0.2) is 30.5 Å². The Morgan fingerprint density at radius 1 is 1.23 bits per heavy atom. The van der Waals surface area contributed by atoms with Crippen LogP contribution in [-0.2, 0) is 4.79 Å². The Labute approximate surface area is 132 Å². The van der Waals surface area contributed by atoms with Gasteiger partial charge in [-0.05, 0) is 43.2 Å². The molecule has 0 bridgehead atoms. The zero-order chi connectivity index (χ0) is 15.5. The minimum atomic E-state index is 0.213. The van der Waals surface area contributed by atoms with Gasteiger partial charge in [-0.3, -0.25) is 4.79 Å². The average molecular weight is 298 g/mol. The molecule has 118 valence electrons. The minimum absolute atomic E-state index is 0.213. The van der Waals surface area contributed by atoms with E-state index in [1.165, 1.54) is 16.5 Å². The highest BCUT2D eigenvalue weighted by atomic mass is 16.2. The highest BCUT2D eigenvalue weighted by Crippen LogP contribution is 2.33. The van der Waals surface area contributed by atoms with Crippen LogP contribution in [0.2, 0.25) is 0 Å². The van der Waals surface area contributed by atoms with Gasteiger partial charge in [-0.2, -0.15) is 0 Å². The summed E-state index contributed by atoms with van der Waals surface area (Å²) in [4.78, 5) is 17.9. The number of amides is 1. The molecule has 1 aromatic carbocycles. The van der Waals surface area contributed by atoms with Gasteiger partial charge in [0, 0.05) is 36.1 Å². The lowest BCUT2D eigenvalue weighted by Gasteiger charge is -2.34. The fourth-order valence-corrected chi connectivity index (χ4v) is 3.74. The Morgan fingerprint density at radius 3 is 2.59 bits per heavy atom. The molecule has 2 heterocycles. The lowest BCUT2D eigenvalue weighted by Crippen LogP contribution is -2.41. The van der Waals surface area contributed by atoms with Crippen molar-refractivity contribution in [3.8, 4) is 0 Å². The van der Waals surface area contributed by atoms with Crippen molar-refractivity contribution in [2.45, 2.75) is 45.4 Å². The Balaban J connectivity index is 1.68. The Morgan fingerprint density at radius 2 is 1.91 bits per heavy atom. The molecule has 0 aliphatic carbocycles. The number of fused-ring (bicyclic) bond motifs is 1. The van der Waals surface area contributed by atoms with Crippen molar-refractivity contribution in [2.75, 3.05) is 13.1 Å². The number of rotatable bonds is 4. The summed E-state index contributed by atoms with van der Waals surface area (Å²) in [6.45, 7) is 6.04. The van der Waals surface area contributed by atoms with Crippen molar-refractivity contribution in [1.29, 1.82) is 0 Å². The fraction of sp³-hybridized carbons (Fsp3) is 0.526. The molecular weight excluding hydrogens is 272 g/mol. The van der Waals surface area contributed by atoms with Gasteiger partial charge in [0.1, 0.15) is 0 Å². The quantitative estimate of drug-likeness (QED) is 0.897. The first-order valence-corrected chi connectivity index (χ1v) is 8.59. The first-order valence-electron chi connectivity index (χ1n) is 8.59. The lowest BCUT2D eigenvalue weighted by molar-refractivity contribution is -0.136. The fourth-order valence-electron chi connectivity index (χ4n) is 3.74. The highest BCUT2D eigenvalue weighted by molar-refractivity contribution is 5.83. The highest BCUT2D eigenvalue weighted by Gasteiger charge is 2.28. The number of aromatic nitrogens is 1. The van der Waals surface area contributed by atoms with Crippen molar-refractivity contribution in [3.05, 3.63) is 36.0 Å². The number of nitrogens with one attached hydrogen (secondary N) is 1. The van der Waals surface area contributed by atoms with Gasteiger partial charge in [0.15, 0.2) is 0 Å². The molecule has 1 fully saturated rings. The van der Waals surface area contributed by atoms with E-state index in [0.717, 1.165) is 38.8 Å². The zero-order valence-corrected chi connectivity index (χ0v) is 13.6. The Kier molecular flexibility index (Phi) is 4.51. The average Bonchev–Trinajstić information content (AvgIpc) is 3.00. The first kappa shape index (κ1) is 15.1. The summed E-state index contributed by atoms with van der Waals surface area (Å²) in [6.07, 6.45) is 6.23. The first-order chi connectivity index (χ1) is 10.7. The molecule has 1 aliphatic rings. The van der Waals surface area contributed by atoms with Crippen LogP contribution in [0.5, 0.6) is 0 Å². The SMILES string of the molecule is CCC(CC)C(=O)N1CCC(c2c[nH]c3ccccc23)CC1. The lowest BCUT2D eigenvalue weighted by atomic mass is 9.88. The second-order valence-corrected chi connectivity index (χ2v) is 6.40. The van der Waals surface area contributed by atoms with E-state index in [9.17, 15) is 4.79 Å². The summed E-state index contributed by atoms with van der Waals surface area (Å²) in [7, 11) is 0. The van der Waals surface area contributed by atoms with Crippen LogP contribution >= 0.6 is 0 Å². The van der Waals surface area contributed by atoms with E-state index in [1.807, 2.05) is 0 Å². The van der Waals surface area contributed by atoms with Gasteiger partial charge in [-0.25, -0.2) is 0 Å². The van der Waals surface area contributed by atoms with Crippen LogP contribution in [0.1, 0.15) is 51.0 Å². The van der Waals surface area contributed by atoms with Gasteiger partial charge in [-0.1, -0.05) is 32.0 Å². The van der Waals surface area contributed by atoms with Crippen LogP contribution in [0, 0.1) is 5.92 Å². The summed E-state index contributed by atoms with van der Waals surface area (Å²) in [5, 5.41) is 1.34. The number of nitrogens with zero attached hydrogens (tertiary/aromatic N) is 1. The maximum Gasteiger partial charge on any atom is 0.225 e. The maximum absolute atomic E-state index is 12.5. The van der Waals surface area contributed by atoms with E-state index in [4.69, 9.17) is 0 Å². The second-order valence-electron chi connectivity index (χ2n) is 6.40. The number of para-hydroxylation sites is 1. The molecule has 1 aliphatic heterocycles. The molecule has 2 aromatic rings. The summed E-state index contributed by atoms with van der Waals surface area (Å²) in [6, 6.07) is 8.50. The molecule has 1 amide bonds. The molecule has 0 spiro atoms. The van der Waals surface area contributed by atoms with Crippen molar-refractivity contribution >= 4 is 16.8 Å². The van der Waals surface area contributed by atoms with Crippen molar-refractivity contribution in [2.24, 2.45) is 5.92 Å². The van der Waals surface area contributed by atoms with Gasteiger partial charge in [-0.15, -0.1) is 0 Å². The zero-order valence-electron chi connectivity index (χ0n) is 13.6.